The average Bonchev–Trinajstić information content (AvgIpc) is 2.61. The first kappa shape index (κ1) is 20.0. The first-order chi connectivity index (χ1) is 12.8. The van der Waals surface area contributed by atoms with E-state index in [1.165, 1.54) is 6.07 Å². The summed E-state index contributed by atoms with van der Waals surface area (Å²) in [6.07, 6.45) is 0.443. The van der Waals surface area contributed by atoms with Crippen molar-refractivity contribution in [1.29, 1.82) is 0 Å². The van der Waals surface area contributed by atoms with E-state index in [9.17, 15) is 14.4 Å². The SMILES string of the molecule is CC(C)CC(=O)Nc1ccc(NC(=O)c2cccc(OCC(=O)O)c2)cc1. The summed E-state index contributed by atoms with van der Waals surface area (Å²) in [6.45, 7) is 3.47. The van der Waals surface area contributed by atoms with E-state index in [1.54, 1.807) is 42.5 Å². The molecule has 0 aliphatic rings. The first-order valence-corrected chi connectivity index (χ1v) is 8.49. The Kier molecular flexibility index (Phi) is 6.93. The van der Waals surface area contributed by atoms with Crippen molar-refractivity contribution in [3.05, 3.63) is 54.1 Å². The minimum absolute atomic E-state index is 0.0556. The van der Waals surface area contributed by atoms with Gasteiger partial charge in [0.1, 0.15) is 5.75 Å². The van der Waals surface area contributed by atoms with Crippen LogP contribution in [0.2, 0.25) is 0 Å². The number of carbonyl (C=O) groups is 3. The van der Waals surface area contributed by atoms with E-state index in [0.29, 0.717) is 29.1 Å². The molecule has 0 unspecified atom stereocenters. The summed E-state index contributed by atoms with van der Waals surface area (Å²) in [7, 11) is 0. The van der Waals surface area contributed by atoms with Crippen LogP contribution in [-0.4, -0.2) is 29.5 Å². The lowest BCUT2D eigenvalue weighted by molar-refractivity contribution is -0.139. The number of amides is 2. The molecule has 2 amide bonds. The Balaban J connectivity index is 1.96. The highest BCUT2D eigenvalue weighted by atomic mass is 16.5. The van der Waals surface area contributed by atoms with Gasteiger partial charge in [-0.25, -0.2) is 4.79 Å². The van der Waals surface area contributed by atoms with E-state index in [1.807, 2.05) is 13.8 Å². The van der Waals surface area contributed by atoms with Crippen molar-refractivity contribution in [3.63, 3.8) is 0 Å². The van der Waals surface area contributed by atoms with E-state index in [-0.39, 0.29) is 17.7 Å². The standard InChI is InChI=1S/C20H22N2O5/c1-13(2)10-18(23)21-15-6-8-16(9-7-15)22-20(26)14-4-3-5-17(11-14)27-12-19(24)25/h3-9,11,13H,10,12H2,1-2H3,(H,21,23)(H,22,26)(H,24,25). The van der Waals surface area contributed by atoms with Crippen LogP contribution >= 0.6 is 0 Å². The van der Waals surface area contributed by atoms with Gasteiger partial charge in [-0.3, -0.25) is 9.59 Å². The maximum absolute atomic E-state index is 12.3. The van der Waals surface area contributed by atoms with Gasteiger partial charge in [0.05, 0.1) is 0 Å². The highest BCUT2D eigenvalue weighted by Crippen LogP contribution is 2.18. The summed E-state index contributed by atoms with van der Waals surface area (Å²) in [5.74, 6) is -0.926. The second-order valence-electron chi connectivity index (χ2n) is 6.39. The molecule has 0 aromatic heterocycles. The summed E-state index contributed by atoms with van der Waals surface area (Å²) >= 11 is 0. The van der Waals surface area contributed by atoms with Crippen LogP contribution in [0.5, 0.6) is 5.75 Å². The van der Waals surface area contributed by atoms with Crippen molar-refractivity contribution in [2.24, 2.45) is 5.92 Å². The quantitative estimate of drug-likeness (QED) is 0.661. The third-order valence-electron chi connectivity index (χ3n) is 3.48. The van der Waals surface area contributed by atoms with Crippen molar-refractivity contribution >= 4 is 29.2 Å². The van der Waals surface area contributed by atoms with Gasteiger partial charge in [0, 0.05) is 23.4 Å². The smallest absolute Gasteiger partial charge is 0.341 e. The Morgan fingerprint density at radius 2 is 1.63 bits per heavy atom. The number of ether oxygens (including phenoxy) is 1. The number of aliphatic carboxylic acids is 1. The molecule has 0 fully saturated rings. The second kappa shape index (κ2) is 9.38. The molecule has 7 nitrogen and oxygen atoms in total. The zero-order valence-electron chi connectivity index (χ0n) is 15.2. The van der Waals surface area contributed by atoms with E-state index in [4.69, 9.17) is 9.84 Å². The van der Waals surface area contributed by atoms with Crippen molar-refractivity contribution in [3.8, 4) is 5.75 Å². The van der Waals surface area contributed by atoms with Crippen LogP contribution in [0.15, 0.2) is 48.5 Å². The Labute approximate surface area is 157 Å². The monoisotopic (exact) mass is 370 g/mol. The van der Waals surface area contributed by atoms with Gasteiger partial charge < -0.3 is 20.5 Å². The summed E-state index contributed by atoms with van der Waals surface area (Å²) in [6, 6.07) is 13.1. The molecule has 0 radical (unpaired) electrons. The molecule has 27 heavy (non-hydrogen) atoms. The maximum atomic E-state index is 12.3. The van der Waals surface area contributed by atoms with Crippen LogP contribution in [0.1, 0.15) is 30.6 Å². The van der Waals surface area contributed by atoms with Crippen molar-refractivity contribution in [2.45, 2.75) is 20.3 Å². The lowest BCUT2D eigenvalue weighted by Crippen LogP contribution is -2.14. The average molecular weight is 370 g/mol. The molecule has 0 saturated carbocycles. The second-order valence-corrected chi connectivity index (χ2v) is 6.39. The molecule has 2 aromatic carbocycles. The predicted octanol–water partition coefficient (Wildman–Crippen LogP) is 3.39. The maximum Gasteiger partial charge on any atom is 0.341 e. The fraction of sp³-hybridized carbons (Fsp3) is 0.250. The minimum atomic E-state index is -1.09. The van der Waals surface area contributed by atoms with Gasteiger partial charge in [-0.15, -0.1) is 0 Å². The molecular weight excluding hydrogens is 348 g/mol. The highest BCUT2D eigenvalue weighted by molar-refractivity contribution is 6.04. The Hall–Kier alpha value is -3.35. The third kappa shape index (κ3) is 6.81. The van der Waals surface area contributed by atoms with Crippen LogP contribution in [0.3, 0.4) is 0 Å². The van der Waals surface area contributed by atoms with Crippen molar-refractivity contribution < 1.29 is 24.2 Å². The van der Waals surface area contributed by atoms with Crippen LogP contribution in [0.25, 0.3) is 0 Å². The van der Waals surface area contributed by atoms with Gasteiger partial charge in [0.25, 0.3) is 5.91 Å². The molecule has 7 heteroatoms. The molecule has 0 spiro atoms. The van der Waals surface area contributed by atoms with E-state index in [2.05, 4.69) is 10.6 Å². The normalized spacial score (nSPS) is 10.3. The molecule has 0 heterocycles. The molecule has 0 atom stereocenters. The van der Waals surface area contributed by atoms with Gasteiger partial charge >= 0.3 is 5.97 Å². The molecule has 0 aliphatic carbocycles. The van der Waals surface area contributed by atoms with Gasteiger partial charge in [-0.05, 0) is 48.4 Å². The number of benzene rings is 2. The highest BCUT2D eigenvalue weighted by Gasteiger charge is 2.09. The number of carbonyl (C=O) groups excluding carboxylic acids is 2. The third-order valence-corrected chi connectivity index (χ3v) is 3.48. The van der Waals surface area contributed by atoms with E-state index < -0.39 is 12.6 Å². The van der Waals surface area contributed by atoms with Gasteiger partial charge in [0.2, 0.25) is 5.91 Å². The summed E-state index contributed by atoms with van der Waals surface area (Å²) in [5.41, 5.74) is 1.56. The zero-order chi connectivity index (χ0) is 19.8. The lowest BCUT2D eigenvalue weighted by atomic mass is 10.1. The Morgan fingerprint density at radius 3 is 2.22 bits per heavy atom. The van der Waals surface area contributed by atoms with Crippen LogP contribution in [0.4, 0.5) is 11.4 Å². The number of hydrogen-bond donors (Lipinski definition) is 3. The van der Waals surface area contributed by atoms with E-state index >= 15 is 0 Å². The summed E-state index contributed by atoms with van der Waals surface area (Å²) < 4.78 is 5.07. The van der Waals surface area contributed by atoms with Crippen LogP contribution in [-0.2, 0) is 9.59 Å². The largest absolute Gasteiger partial charge is 0.482 e. The zero-order valence-corrected chi connectivity index (χ0v) is 15.2. The number of carboxylic acids is 1. The minimum Gasteiger partial charge on any atom is -0.482 e. The molecule has 2 aromatic rings. The molecule has 3 N–H and O–H groups in total. The van der Waals surface area contributed by atoms with Gasteiger partial charge in [-0.2, -0.15) is 0 Å². The molecule has 2 rings (SSSR count). The summed E-state index contributed by atoms with van der Waals surface area (Å²) in [4.78, 5) is 34.7. The number of carboxylic acid groups (broad SMARTS) is 1. The topological polar surface area (TPSA) is 105 Å². The molecule has 0 saturated heterocycles. The van der Waals surface area contributed by atoms with Crippen molar-refractivity contribution in [2.75, 3.05) is 17.2 Å². The number of hydrogen-bond acceptors (Lipinski definition) is 4. The van der Waals surface area contributed by atoms with Gasteiger partial charge in [-0.1, -0.05) is 19.9 Å². The number of rotatable bonds is 8. The van der Waals surface area contributed by atoms with Crippen LogP contribution in [0, 0.1) is 5.92 Å². The fourth-order valence-electron chi connectivity index (χ4n) is 2.30. The molecule has 142 valence electrons. The Bertz CT molecular complexity index is 815. The van der Waals surface area contributed by atoms with Crippen LogP contribution < -0.4 is 15.4 Å². The number of anilines is 2. The first-order valence-electron chi connectivity index (χ1n) is 8.49. The molecule has 0 aliphatic heterocycles. The van der Waals surface area contributed by atoms with Gasteiger partial charge in [0.15, 0.2) is 6.61 Å². The Morgan fingerprint density at radius 1 is 1.00 bits per heavy atom. The fourth-order valence-corrected chi connectivity index (χ4v) is 2.30. The summed E-state index contributed by atoms with van der Waals surface area (Å²) in [5, 5.41) is 14.2. The van der Waals surface area contributed by atoms with E-state index in [0.717, 1.165) is 0 Å². The molecular formula is C20H22N2O5. The number of nitrogens with one attached hydrogen (secondary N) is 2. The predicted molar refractivity (Wildman–Crippen MR) is 102 cm³/mol. The molecule has 0 bridgehead atoms. The van der Waals surface area contributed by atoms with Crippen molar-refractivity contribution in [1.82, 2.24) is 0 Å². The lowest BCUT2D eigenvalue weighted by Gasteiger charge is -2.10.